The van der Waals surface area contributed by atoms with Crippen LogP contribution in [-0.4, -0.2) is 38.5 Å². The number of rotatable bonds is 6. The van der Waals surface area contributed by atoms with Crippen molar-refractivity contribution < 1.29 is 22.4 Å². The third-order valence-electron chi connectivity index (χ3n) is 4.68. The van der Waals surface area contributed by atoms with Crippen molar-refractivity contribution in [2.45, 2.75) is 32.7 Å². The Balaban J connectivity index is 1.80. The van der Waals surface area contributed by atoms with E-state index in [1.165, 1.54) is 0 Å². The molecule has 0 bridgehead atoms. The molecule has 1 amide bonds. The van der Waals surface area contributed by atoms with E-state index in [4.69, 9.17) is 9.15 Å². The van der Waals surface area contributed by atoms with E-state index in [2.05, 4.69) is 11.9 Å². The number of hydrogen-bond donors (Lipinski definition) is 1. The highest BCUT2D eigenvalue weighted by Crippen LogP contribution is 2.24. The highest BCUT2D eigenvalue weighted by molar-refractivity contribution is 7.91. The maximum absolute atomic E-state index is 12.4. The highest BCUT2D eigenvalue weighted by Gasteiger charge is 2.29. The molecule has 1 fully saturated rings. The third-order valence-corrected chi connectivity index (χ3v) is 6.45. The molecule has 1 aliphatic rings. The molecule has 8 heteroatoms. The van der Waals surface area contributed by atoms with E-state index in [0.29, 0.717) is 35.3 Å². The zero-order valence-corrected chi connectivity index (χ0v) is 16.7. The summed E-state index contributed by atoms with van der Waals surface area (Å²) in [6.07, 6.45) is 0.237. The summed E-state index contributed by atoms with van der Waals surface area (Å²) >= 11 is 0. The van der Waals surface area contributed by atoms with Gasteiger partial charge in [-0.2, -0.15) is 0 Å². The van der Waals surface area contributed by atoms with Gasteiger partial charge in [-0.1, -0.05) is 6.58 Å². The second-order valence-electron chi connectivity index (χ2n) is 7.24. The molecule has 28 heavy (non-hydrogen) atoms. The van der Waals surface area contributed by atoms with Gasteiger partial charge in [0.2, 0.25) is 5.91 Å². The minimum Gasteiger partial charge on any atom is -0.489 e. The van der Waals surface area contributed by atoms with Gasteiger partial charge in [-0.15, -0.1) is 0 Å². The maximum Gasteiger partial charge on any atom is 0.340 e. The minimum atomic E-state index is -3.09. The number of benzene rings is 1. The van der Waals surface area contributed by atoms with Crippen molar-refractivity contribution in [3.05, 3.63) is 51.9 Å². The standard InChI is InChI=1S/C20H23NO6S/c1-12(2)10-26-15-4-5-16-13(3)17(20(23)27-18(16)8-15)9-19(22)21-14-6-7-28(24,25)11-14/h4-5,8,14H,1,6-7,9-11H2,2-3H3,(H,21,22)/t14-/m1/s1. The first-order valence-electron chi connectivity index (χ1n) is 8.98. The van der Waals surface area contributed by atoms with Gasteiger partial charge in [0.1, 0.15) is 17.9 Å². The molecular formula is C20H23NO6S. The summed E-state index contributed by atoms with van der Waals surface area (Å²) in [5.41, 5.74) is 1.59. The summed E-state index contributed by atoms with van der Waals surface area (Å²) in [6, 6.07) is 4.79. The number of nitrogens with one attached hydrogen (secondary N) is 1. The van der Waals surface area contributed by atoms with Gasteiger partial charge >= 0.3 is 5.63 Å². The van der Waals surface area contributed by atoms with E-state index in [0.717, 1.165) is 5.57 Å². The second-order valence-corrected chi connectivity index (χ2v) is 9.47. The molecule has 3 rings (SSSR count). The molecule has 0 spiro atoms. The SMILES string of the molecule is C=C(C)COc1ccc2c(C)c(CC(=O)N[C@@H]3CCS(=O)(=O)C3)c(=O)oc2c1. The molecule has 7 nitrogen and oxygen atoms in total. The molecule has 1 atom stereocenters. The average molecular weight is 405 g/mol. The molecule has 2 heterocycles. The predicted molar refractivity (Wildman–Crippen MR) is 106 cm³/mol. The van der Waals surface area contributed by atoms with Gasteiger partial charge in [0.15, 0.2) is 9.84 Å². The molecular weight excluding hydrogens is 382 g/mol. The van der Waals surface area contributed by atoms with Gasteiger partial charge in [0, 0.05) is 17.5 Å². The van der Waals surface area contributed by atoms with E-state index in [1.807, 2.05) is 6.92 Å². The molecule has 0 radical (unpaired) electrons. The van der Waals surface area contributed by atoms with Crippen LogP contribution in [0.25, 0.3) is 11.0 Å². The summed E-state index contributed by atoms with van der Waals surface area (Å²) in [4.78, 5) is 24.7. The third kappa shape index (κ3) is 4.62. The van der Waals surface area contributed by atoms with Crippen LogP contribution in [0, 0.1) is 6.92 Å². The number of fused-ring (bicyclic) bond motifs is 1. The lowest BCUT2D eigenvalue weighted by atomic mass is 10.0. The van der Waals surface area contributed by atoms with Crippen LogP contribution in [0.5, 0.6) is 5.75 Å². The summed E-state index contributed by atoms with van der Waals surface area (Å²) in [7, 11) is -3.09. The Morgan fingerprint density at radius 3 is 2.79 bits per heavy atom. The number of carbonyl (C=O) groups excluding carboxylic acids is 1. The first kappa shape index (κ1) is 20.1. The lowest BCUT2D eigenvalue weighted by Gasteiger charge is -2.12. The summed E-state index contributed by atoms with van der Waals surface area (Å²) in [5.74, 6) is 0.186. The number of hydrogen-bond acceptors (Lipinski definition) is 6. The number of sulfone groups is 1. The Kier molecular flexibility index (Phi) is 5.60. The van der Waals surface area contributed by atoms with Crippen molar-refractivity contribution in [1.82, 2.24) is 5.32 Å². The Bertz CT molecular complexity index is 1100. The van der Waals surface area contributed by atoms with Crippen molar-refractivity contribution in [3.63, 3.8) is 0 Å². The molecule has 1 aromatic carbocycles. The summed E-state index contributed by atoms with van der Waals surface area (Å²) in [6.45, 7) is 7.75. The molecule has 1 aliphatic heterocycles. The molecule has 0 unspecified atom stereocenters. The van der Waals surface area contributed by atoms with Crippen molar-refractivity contribution >= 4 is 26.7 Å². The molecule has 1 aromatic heterocycles. The first-order valence-corrected chi connectivity index (χ1v) is 10.8. The monoisotopic (exact) mass is 405 g/mol. The lowest BCUT2D eigenvalue weighted by molar-refractivity contribution is -0.121. The van der Waals surface area contributed by atoms with Crippen molar-refractivity contribution in [1.29, 1.82) is 0 Å². The van der Waals surface area contributed by atoms with Crippen molar-refractivity contribution in [2.24, 2.45) is 0 Å². The average Bonchev–Trinajstić information content (AvgIpc) is 2.94. The van der Waals surface area contributed by atoms with Crippen LogP contribution in [0.2, 0.25) is 0 Å². The fourth-order valence-corrected chi connectivity index (χ4v) is 4.90. The molecule has 0 aliphatic carbocycles. The van der Waals surface area contributed by atoms with Gasteiger partial charge in [-0.3, -0.25) is 4.79 Å². The second kappa shape index (κ2) is 7.79. The van der Waals surface area contributed by atoms with Crippen LogP contribution in [-0.2, 0) is 21.1 Å². The van der Waals surface area contributed by atoms with Crippen LogP contribution in [0.1, 0.15) is 24.5 Å². The van der Waals surface area contributed by atoms with Crippen LogP contribution < -0.4 is 15.7 Å². The zero-order valence-electron chi connectivity index (χ0n) is 15.9. The first-order chi connectivity index (χ1) is 13.1. The van der Waals surface area contributed by atoms with E-state index >= 15 is 0 Å². The maximum atomic E-state index is 12.4. The van der Waals surface area contributed by atoms with Gasteiger partial charge in [-0.05, 0) is 43.5 Å². The summed E-state index contributed by atoms with van der Waals surface area (Å²) < 4.78 is 34.0. The predicted octanol–water partition coefficient (Wildman–Crippen LogP) is 1.90. The number of ether oxygens (including phenoxy) is 1. The smallest absolute Gasteiger partial charge is 0.340 e. The molecule has 2 aromatic rings. The molecule has 1 saturated heterocycles. The lowest BCUT2D eigenvalue weighted by Crippen LogP contribution is -2.37. The van der Waals surface area contributed by atoms with Gasteiger partial charge in [-0.25, -0.2) is 13.2 Å². The van der Waals surface area contributed by atoms with Crippen LogP contribution in [0.3, 0.4) is 0 Å². The van der Waals surface area contributed by atoms with Crippen LogP contribution >= 0.6 is 0 Å². The Labute approximate surface area is 163 Å². The Morgan fingerprint density at radius 1 is 1.39 bits per heavy atom. The van der Waals surface area contributed by atoms with Crippen molar-refractivity contribution in [3.8, 4) is 5.75 Å². The molecule has 150 valence electrons. The quantitative estimate of drug-likeness (QED) is 0.582. The van der Waals surface area contributed by atoms with E-state index in [-0.39, 0.29) is 23.5 Å². The number of amides is 1. The van der Waals surface area contributed by atoms with Gasteiger partial charge < -0.3 is 14.5 Å². The Morgan fingerprint density at radius 2 is 2.14 bits per heavy atom. The van der Waals surface area contributed by atoms with Crippen LogP contribution in [0.4, 0.5) is 0 Å². The van der Waals surface area contributed by atoms with Crippen LogP contribution in [0.15, 0.2) is 39.6 Å². The van der Waals surface area contributed by atoms with E-state index in [1.54, 1.807) is 25.1 Å². The Hall–Kier alpha value is -2.61. The fourth-order valence-electron chi connectivity index (χ4n) is 3.22. The number of aryl methyl sites for hydroxylation is 1. The topological polar surface area (TPSA) is 103 Å². The van der Waals surface area contributed by atoms with Gasteiger partial charge in [0.05, 0.1) is 23.5 Å². The molecule has 1 N–H and O–H groups in total. The van der Waals surface area contributed by atoms with E-state index in [9.17, 15) is 18.0 Å². The summed E-state index contributed by atoms with van der Waals surface area (Å²) in [5, 5.41) is 3.41. The van der Waals surface area contributed by atoms with Gasteiger partial charge in [0.25, 0.3) is 0 Å². The highest BCUT2D eigenvalue weighted by atomic mass is 32.2. The largest absolute Gasteiger partial charge is 0.489 e. The minimum absolute atomic E-state index is 0.0585. The van der Waals surface area contributed by atoms with E-state index < -0.39 is 27.4 Å². The van der Waals surface area contributed by atoms with Crippen molar-refractivity contribution in [2.75, 3.05) is 18.1 Å². The number of carbonyl (C=O) groups is 1. The zero-order chi connectivity index (χ0) is 20.5. The normalized spacial score (nSPS) is 18.1. The fraction of sp³-hybridized carbons (Fsp3) is 0.400. The molecule has 0 saturated carbocycles.